The van der Waals surface area contributed by atoms with Crippen LogP contribution >= 0.6 is 0 Å². The summed E-state index contributed by atoms with van der Waals surface area (Å²) < 4.78 is 12.8. The van der Waals surface area contributed by atoms with Gasteiger partial charge in [0.15, 0.2) is 0 Å². The first-order chi connectivity index (χ1) is 7.22. The molecule has 15 heavy (non-hydrogen) atoms. The van der Waals surface area contributed by atoms with E-state index in [1.54, 1.807) is 12.1 Å². The third kappa shape index (κ3) is 1.77. The Morgan fingerprint density at radius 3 is 2.47 bits per heavy atom. The van der Waals surface area contributed by atoms with Crippen molar-refractivity contribution in [2.45, 2.75) is 19.8 Å². The molecule has 0 unspecified atom stereocenters. The molecule has 0 saturated carbocycles. The van der Waals surface area contributed by atoms with E-state index in [0.29, 0.717) is 5.71 Å². The van der Waals surface area contributed by atoms with Gasteiger partial charge in [0, 0.05) is 5.57 Å². The van der Waals surface area contributed by atoms with Gasteiger partial charge in [-0.15, -0.1) is 0 Å². The van der Waals surface area contributed by atoms with Crippen LogP contribution in [0.2, 0.25) is 0 Å². The second-order valence-electron chi connectivity index (χ2n) is 3.71. The van der Waals surface area contributed by atoms with Gasteiger partial charge in [-0.25, -0.2) is 4.39 Å². The van der Waals surface area contributed by atoms with Gasteiger partial charge in [-0.2, -0.15) is 0 Å². The highest BCUT2D eigenvalue weighted by molar-refractivity contribution is 6.26. The van der Waals surface area contributed by atoms with Gasteiger partial charge < -0.3 is 5.21 Å². The molecule has 78 valence electrons. The fourth-order valence-corrected chi connectivity index (χ4v) is 1.93. The summed E-state index contributed by atoms with van der Waals surface area (Å²) in [6.07, 6.45) is 1.67. The lowest BCUT2D eigenvalue weighted by Crippen LogP contribution is -1.96. The van der Waals surface area contributed by atoms with Crippen LogP contribution in [0.25, 0.3) is 5.57 Å². The molecule has 1 aromatic carbocycles. The molecule has 0 radical (unpaired) electrons. The topological polar surface area (TPSA) is 32.6 Å². The third-order valence-corrected chi connectivity index (χ3v) is 2.71. The minimum Gasteiger partial charge on any atom is -0.411 e. The normalized spacial score (nSPS) is 18.9. The van der Waals surface area contributed by atoms with Crippen LogP contribution < -0.4 is 0 Å². The van der Waals surface area contributed by atoms with Gasteiger partial charge in [-0.05, 0) is 37.5 Å². The number of oxime groups is 1. The minimum atomic E-state index is -0.252. The van der Waals surface area contributed by atoms with E-state index >= 15 is 0 Å². The zero-order valence-electron chi connectivity index (χ0n) is 8.50. The predicted octanol–water partition coefficient (Wildman–Crippen LogP) is 3.22. The highest BCUT2D eigenvalue weighted by atomic mass is 19.1. The number of halogens is 1. The minimum absolute atomic E-state index is 0.252. The van der Waals surface area contributed by atoms with Crippen LogP contribution in [0.1, 0.15) is 25.3 Å². The molecule has 0 heterocycles. The second-order valence-corrected chi connectivity index (χ2v) is 3.71. The van der Waals surface area contributed by atoms with Crippen molar-refractivity contribution in [3.05, 3.63) is 41.2 Å². The Morgan fingerprint density at radius 1 is 1.20 bits per heavy atom. The molecule has 0 fully saturated rings. The lowest BCUT2D eigenvalue weighted by molar-refractivity contribution is 0.319. The fourth-order valence-electron chi connectivity index (χ4n) is 1.93. The summed E-state index contributed by atoms with van der Waals surface area (Å²) in [5.74, 6) is -0.252. The molecular weight excluding hydrogens is 193 g/mol. The molecule has 2 nitrogen and oxygen atoms in total. The number of allylic oxidation sites excluding steroid dienone is 2. The average Bonchev–Trinajstić information content (AvgIpc) is 2.61. The molecule has 0 amide bonds. The molecule has 0 bridgehead atoms. The van der Waals surface area contributed by atoms with E-state index in [-0.39, 0.29) is 5.82 Å². The summed E-state index contributed by atoms with van der Waals surface area (Å²) in [4.78, 5) is 0. The number of hydrogen-bond acceptors (Lipinski definition) is 2. The molecule has 0 spiro atoms. The monoisotopic (exact) mass is 205 g/mol. The standard InChI is InChI=1S/C12H12FNO/c1-8-2-7-11(14-15)12(8)9-3-5-10(13)6-4-9/h3-6,15H,2,7H2,1H3/b14-11+. The van der Waals surface area contributed by atoms with Crippen LogP contribution in [0.5, 0.6) is 0 Å². The van der Waals surface area contributed by atoms with Crippen molar-refractivity contribution in [1.82, 2.24) is 0 Å². The van der Waals surface area contributed by atoms with E-state index in [1.807, 2.05) is 6.92 Å². The van der Waals surface area contributed by atoms with Crippen molar-refractivity contribution in [2.24, 2.45) is 5.16 Å². The largest absolute Gasteiger partial charge is 0.411 e. The van der Waals surface area contributed by atoms with Gasteiger partial charge in [-0.1, -0.05) is 22.9 Å². The van der Waals surface area contributed by atoms with Crippen LogP contribution in [-0.2, 0) is 0 Å². The maximum atomic E-state index is 12.8. The maximum absolute atomic E-state index is 12.8. The Balaban J connectivity index is 2.46. The summed E-state index contributed by atoms with van der Waals surface area (Å²) in [5, 5.41) is 12.1. The van der Waals surface area contributed by atoms with Crippen LogP contribution in [0.15, 0.2) is 35.0 Å². The molecule has 1 aliphatic rings. The van der Waals surface area contributed by atoms with Crippen molar-refractivity contribution in [1.29, 1.82) is 0 Å². The molecule has 2 rings (SSSR count). The highest BCUT2D eigenvalue weighted by Crippen LogP contribution is 2.31. The van der Waals surface area contributed by atoms with Crippen molar-refractivity contribution < 1.29 is 9.60 Å². The van der Waals surface area contributed by atoms with Gasteiger partial charge in [0.05, 0.1) is 5.71 Å². The maximum Gasteiger partial charge on any atom is 0.123 e. The average molecular weight is 205 g/mol. The molecule has 3 heteroatoms. The van der Waals surface area contributed by atoms with Crippen molar-refractivity contribution in [3.8, 4) is 0 Å². The van der Waals surface area contributed by atoms with Gasteiger partial charge in [-0.3, -0.25) is 0 Å². The Labute approximate surface area is 87.7 Å². The van der Waals surface area contributed by atoms with Crippen molar-refractivity contribution >= 4 is 11.3 Å². The van der Waals surface area contributed by atoms with Crippen LogP contribution in [0.4, 0.5) is 4.39 Å². The van der Waals surface area contributed by atoms with Gasteiger partial charge in [0.25, 0.3) is 0 Å². The smallest absolute Gasteiger partial charge is 0.123 e. The summed E-state index contributed by atoms with van der Waals surface area (Å²) in [6.45, 7) is 2.01. The zero-order chi connectivity index (χ0) is 10.8. The van der Waals surface area contributed by atoms with Crippen molar-refractivity contribution in [3.63, 3.8) is 0 Å². The summed E-state index contributed by atoms with van der Waals surface area (Å²) in [7, 11) is 0. The van der Waals surface area contributed by atoms with Crippen LogP contribution in [0.3, 0.4) is 0 Å². The first-order valence-corrected chi connectivity index (χ1v) is 4.89. The molecular formula is C12H12FNO. The van der Waals surface area contributed by atoms with Crippen LogP contribution in [-0.4, -0.2) is 10.9 Å². The van der Waals surface area contributed by atoms with E-state index < -0.39 is 0 Å². The second kappa shape index (κ2) is 3.85. The molecule has 1 N–H and O–H groups in total. The first kappa shape index (κ1) is 9.90. The molecule has 1 aliphatic carbocycles. The number of rotatable bonds is 1. The van der Waals surface area contributed by atoms with E-state index in [1.165, 1.54) is 17.7 Å². The highest BCUT2D eigenvalue weighted by Gasteiger charge is 2.20. The Kier molecular flexibility index (Phi) is 2.54. The molecule has 0 saturated heterocycles. The fraction of sp³-hybridized carbons (Fsp3) is 0.250. The van der Waals surface area contributed by atoms with E-state index in [2.05, 4.69) is 5.16 Å². The summed E-state index contributed by atoms with van der Waals surface area (Å²) in [6, 6.07) is 6.27. The molecule has 0 atom stereocenters. The Hall–Kier alpha value is -1.64. The summed E-state index contributed by atoms with van der Waals surface area (Å²) in [5.41, 5.74) is 3.75. The predicted molar refractivity (Wildman–Crippen MR) is 57.4 cm³/mol. The van der Waals surface area contributed by atoms with Crippen LogP contribution in [0, 0.1) is 5.82 Å². The van der Waals surface area contributed by atoms with E-state index in [9.17, 15) is 4.39 Å². The van der Waals surface area contributed by atoms with E-state index in [0.717, 1.165) is 24.0 Å². The van der Waals surface area contributed by atoms with Crippen molar-refractivity contribution in [2.75, 3.05) is 0 Å². The van der Waals surface area contributed by atoms with Gasteiger partial charge in [0.2, 0.25) is 0 Å². The van der Waals surface area contributed by atoms with Gasteiger partial charge in [0.1, 0.15) is 5.82 Å². The van der Waals surface area contributed by atoms with Gasteiger partial charge >= 0.3 is 0 Å². The SMILES string of the molecule is CC1=C(c2ccc(F)cc2)/C(=N/O)CC1. The molecule has 1 aromatic rings. The molecule has 0 aliphatic heterocycles. The summed E-state index contributed by atoms with van der Waals surface area (Å²) >= 11 is 0. The first-order valence-electron chi connectivity index (χ1n) is 4.89. The Morgan fingerprint density at radius 2 is 1.87 bits per heavy atom. The number of benzene rings is 1. The third-order valence-electron chi connectivity index (χ3n) is 2.71. The Bertz CT molecular complexity index is 431. The lowest BCUT2D eigenvalue weighted by Gasteiger charge is -2.04. The molecule has 0 aromatic heterocycles. The van der Waals surface area contributed by atoms with E-state index in [4.69, 9.17) is 5.21 Å². The lowest BCUT2D eigenvalue weighted by atomic mass is 10.0. The zero-order valence-corrected chi connectivity index (χ0v) is 8.50. The number of hydrogen-bond donors (Lipinski definition) is 1. The number of nitrogens with zero attached hydrogens (tertiary/aromatic N) is 1. The quantitative estimate of drug-likeness (QED) is 0.554.